The number of aryl methyl sites for hydroxylation is 3. The summed E-state index contributed by atoms with van der Waals surface area (Å²) in [7, 11) is 1.88. The summed E-state index contributed by atoms with van der Waals surface area (Å²) in [6, 6.07) is 8.20. The van der Waals surface area contributed by atoms with Crippen LogP contribution in [0, 0.1) is 13.8 Å². The molecule has 6 nitrogen and oxygen atoms in total. The van der Waals surface area contributed by atoms with Crippen molar-refractivity contribution in [3.05, 3.63) is 47.3 Å². The number of anilines is 2. The maximum atomic E-state index is 13.4. The van der Waals surface area contributed by atoms with Crippen LogP contribution < -0.4 is 5.32 Å². The van der Waals surface area contributed by atoms with Gasteiger partial charge in [0.25, 0.3) is 5.91 Å². The van der Waals surface area contributed by atoms with E-state index in [9.17, 15) is 4.79 Å². The number of aromatic nitrogens is 3. The number of likely N-dealkylation sites (tertiary alicyclic amines) is 1. The van der Waals surface area contributed by atoms with Crippen LogP contribution in [0.5, 0.6) is 0 Å². The minimum atomic E-state index is 0.0502. The second kappa shape index (κ2) is 7.62. The molecule has 0 spiro atoms. The number of hydrogen-bond donors (Lipinski definition) is 1. The highest BCUT2D eigenvalue weighted by Gasteiger charge is 2.24. The third kappa shape index (κ3) is 3.46. The number of nitrogens with zero attached hydrogens (tertiary/aromatic N) is 4. The molecule has 3 aromatic rings. The van der Waals surface area contributed by atoms with E-state index >= 15 is 0 Å². The van der Waals surface area contributed by atoms with E-state index in [2.05, 4.69) is 34.5 Å². The minimum Gasteiger partial charge on any atom is -0.354 e. The highest BCUT2D eigenvalue weighted by molar-refractivity contribution is 6.08. The summed E-state index contributed by atoms with van der Waals surface area (Å²) < 4.78 is 1.77. The Hall–Kier alpha value is -2.89. The zero-order valence-electron chi connectivity index (χ0n) is 16.8. The zero-order valence-corrected chi connectivity index (χ0v) is 16.8. The standard InChI is InChI=1S/C22H27N5O/c1-15-8-10-17(11-9-15)24-20-18(22(28)27-12-6-4-5-7-13-27)14-23-21-19(20)16(2)25-26(21)3/h8-11,14H,4-7,12-13H2,1-3H3,(H,23,24). The molecular formula is C22H27N5O. The molecule has 1 aromatic carbocycles. The van der Waals surface area contributed by atoms with E-state index in [-0.39, 0.29) is 5.91 Å². The average Bonchev–Trinajstić information content (AvgIpc) is 2.87. The lowest BCUT2D eigenvalue weighted by atomic mass is 10.1. The van der Waals surface area contributed by atoms with Gasteiger partial charge in [0.1, 0.15) is 0 Å². The minimum absolute atomic E-state index is 0.0502. The molecule has 1 fully saturated rings. The zero-order chi connectivity index (χ0) is 19.7. The van der Waals surface area contributed by atoms with E-state index in [1.807, 2.05) is 31.0 Å². The van der Waals surface area contributed by atoms with Crippen LogP contribution in [0.4, 0.5) is 11.4 Å². The highest BCUT2D eigenvalue weighted by Crippen LogP contribution is 2.32. The Balaban J connectivity index is 1.81. The van der Waals surface area contributed by atoms with Crippen molar-refractivity contribution in [3.8, 4) is 0 Å². The fourth-order valence-corrected chi connectivity index (χ4v) is 3.93. The Morgan fingerprint density at radius 2 is 1.71 bits per heavy atom. The molecule has 1 saturated heterocycles. The first-order valence-electron chi connectivity index (χ1n) is 10.00. The van der Waals surface area contributed by atoms with E-state index in [4.69, 9.17) is 0 Å². The van der Waals surface area contributed by atoms with E-state index in [1.165, 1.54) is 18.4 Å². The normalized spacial score (nSPS) is 14.9. The molecule has 1 aliphatic rings. The molecule has 28 heavy (non-hydrogen) atoms. The van der Waals surface area contributed by atoms with Crippen molar-refractivity contribution >= 4 is 28.3 Å². The molecule has 0 unspecified atom stereocenters. The molecule has 1 aliphatic heterocycles. The van der Waals surface area contributed by atoms with Crippen LogP contribution in [0.1, 0.15) is 47.3 Å². The maximum Gasteiger partial charge on any atom is 0.257 e. The van der Waals surface area contributed by atoms with Gasteiger partial charge in [0.15, 0.2) is 5.65 Å². The average molecular weight is 377 g/mol. The molecule has 0 saturated carbocycles. The number of amides is 1. The maximum absolute atomic E-state index is 13.4. The smallest absolute Gasteiger partial charge is 0.257 e. The quantitative estimate of drug-likeness (QED) is 0.737. The van der Waals surface area contributed by atoms with Crippen LogP contribution in [0.3, 0.4) is 0 Å². The van der Waals surface area contributed by atoms with Crippen LogP contribution in [0.25, 0.3) is 11.0 Å². The molecule has 0 bridgehead atoms. The Kier molecular flexibility index (Phi) is 5.03. The fourth-order valence-electron chi connectivity index (χ4n) is 3.93. The van der Waals surface area contributed by atoms with Crippen LogP contribution in [-0.4, -0.2) is 38.7 Å². The van der Waals surface area contributed by atoms with Crippen molar-refractivity contribution in [3.63, 3.8) is 0 Å². The summed E-state index contributed by atoms with van der Waals surface area (Å²) in [6.07, 6.45) is 6.21. The van der Waals surface area contributed by atoms with Crippen LogP contribution in [-0.2, 0) is 7.05 Å². The molecule has 1 amide bonds. The van der Waals surface area contributed by atoms with Gasteiger partial charge in [-0.15, -0.1) is 0 Å². The largest absolute Gasteiger partial charge is 0.354 e. The Morgan fingerprint density at radius 3 is 2.39 bits per heavy atom. The monoisotopic (exact) mass is 377 g/mol. The summed E-state index contributed by atoms with van der Waals surface area (Å²) in [5, 5.41) is 8.92. The number of rotatable bonds is 3. The Labute approximate surface area is 165 Å². The molecule has 2 aromatic heterocycles. The number of benzene rings is 1. The molecule has 0 radical (unpaired) electrons. The molecule has 0 aliphatic carbocycles. The van der Waals surface area contributed by atoms with Crippen molar-refractivity contribution in [1.82, 2.24) is 19.7 Å². The predicted molar refractivity (Wildman–Crippen MR) is 112 cm³/mol. The second-order valence-electron chi connectivity index (χ2n) is 7.65. The topological polar surface area (TPSA) is 63.1 Å². The van der Waals surface area contributed by atoms with Gasteiger partial charge >= 0.3 is 0 Å². The molecule has 4 rings (SSSR count). The van der Waals surface area contributed by atoms with E-state index in [0.717, 1.165) is 54.0 Å². The van der Waals surface area contributed by atoms with Gasteiger partial charge < -0.3 is 10.2 Å². The predicted octanol–water partition coefficient (Wildman–Crippen LogP) is 4.34. The molecule has 6 heteroatoms. The lowest BCUT2D eigenvalue weighted by Gasteiger charge is -2.22. The SMILES string of the molecule is Cc1ccc(Nc2c(C(=O)N3CCCCCC3)cnc3c2c(C)nn3C)cc1. The second-order valence-corrected chi connectivity index (χ2v) is 7.65. The first-order valence-corrected chi connectivity index (χ1v) is 10.00. The van der Waals surface area contributed by atoms with Gasteiger partial charge in [-0.25, -0.2) is 4.98 Å². The number of hydrogen-bond acceptors (Lipinski definition) is 4. The number of carbonyl (C=O) groups is 1. The number of fused-ring (bicyclic) bond motifs is 1. The lowest BCUT2D eigenvalue weighted by molar-refractivity contribution is 0.0762. The van der Waals surface area contributed by atoms with Crippen molar-refractivity contribution < 1.29 is 4.79 Å². The Bertz CT molecular complexity index is 998. The van der Waals surface area contributed by atoms with E-state index < -0.39 is 0 Å². The number of carbonyl (C=O) groups excluding carboxylic acids is 1. The summed E-state index contributed by atoms with van der Waals surface area (Å²) in [4.78, 5) is 19.9. The summed E-state index contributed by atoms with van der Waals surface area (Å²) in [5.41, 5.74) is 5.21. The van der Waals surface area contributed by atoms with Gasteiger partial charge in [-0.2, -0.15) is 5.10 Å². The molecule has 0 atom stereocenters. The first kappa shape index (κ1) is 18.5. The van der Waals surface area contributed by atoms with Gasteiger partial charge in [0, 0.05) is 32.0 Å². The van der Waals surface area contributed by atoms with Crippen molar-refractivity contribution in [2.75, 3.05) is 18.4 Å². The van der Waals surface area contributed by atoms with Gasteiger partial charge in [-0.05, 0) is 38.8 Å². The van der Waals surface area contributed by atoms with E-state index in [0.29, 0.717) is 5.56 Å². The number of pyridine rings is 1. The fraction of sp³-hybridized carbons (Fsp3) is 0.409. The van der Waals surface area contributed by atoms with Crippen LogP contribution in [0.2, 0.25) is 0 Å². The van der Waals surface area contributed by atoms with Gasteiger partial charge in [0.05, 0.1) is 22.3 Å². The first-order chi connectivity index (χ1) is 13.5. The lowest BCUT2D eigenvalue weighted by Crippen LogP contribution is -2.32. The van der Waals surface area contributed by atoms with Crippen molar-refractivity contribution in [2.45, 2.75) is 39.5 Å². The van der Waals surface area contributed by atoms with Crippen molar-refractivity contribution in [2.24, 2.45) is 7.05 Å². The van der Waals surface area contributed by atoms with Crippen molar-refractivity contribution in [1.29, 1.82) is 0 Å². The highest BCUT2D eigenvalue weighted by atomic mass is 16.2. The molecule has 1 N–H and O–H groups in total. The molecule has 3 heterocycles. The van der Waals surface area contributed by atoms with E-state index in [1.54, 1.807) is 10.9 Å². The van der Waals surface area contributed by atoms with Gasteiger partial charge in [0.2, 0.25) is 0 Å². The van der Waals surface area contributed by atoms with Crippen LogP contribution >= 0.6 is 0 Å². The van der Waals surface area contributed by atoms with Gasteiger partial charge in [-0.3, -0.25) is 9.48 Å². The third-order valence-corrected chi connectivity index (χ3v) is 5.47. The van der Waals surface area contributed by atoms with Gasteiger partial charge in [-0.1, -0.05) is 30.5 Å². The Morgan fingerprint density at radius 1 is 1.04 bits per heavy atom. The molecular weight excluding hydrogens is 350 g/mol. The number of nitrogens with one attached hydrogen (secondary N) is 1. The summed E-state index contributed by atoms with van der Waals surface area (Å²) >= 11 is 0. The van der Waals surface area contributed by atoms with Crippen LogP contribution in [0.15, 0.2) is 30.5 Å². The third-order valence-electron chi connectivity index (χ3n) is 5.47. The summed E-state index contributed by atoms with van der Waals surface area (Å²) in [5.74, 6) is 0.0502. The molecule has 146 valence electrons. The summed E-state index contributed by atoms with van der Waals surface area (Å²) in [6.45, 7) is 5.65.